The molecular formula is C10H9Cl2N3O. The van der Waals surface area contributed by atoms with Crippen molar-refractivity contribution in [3.8, 4) is 0 Å². The van der Waals surface area contributed by atoms with Crippen LogP contribution in [-0.4, -0.2) is 15.9 Å². The summed E-state index contributed by atoms with van der Waals surface area (Å²) >= 11 is 11.8. The summed E-state index contributed by atoms with van der Waals surface area (Å²) in [4.78, 5) is 20.0. The molecule has 3 rings (SSSR count). The largest absolute Gasteiger partial charge is 0.309 e. The fraction of sp³-hybridized carbons (Fsp3) is 0.500. The number of fused-ring (bicyclic) bond motifs is 2. The van der Waals surface area contributed by atoms with Crippen molar-refractivity contribution in [1.82, 2.24) is 9.97 Å². The Morgan fingerprint density at radius 1 is 1.19 bits per heavy atom. The SMILES string of the molecule is O=C1Nc2nc(Cl)nc(Cl)c2C12CCCC2. The number of amides is 1. The normalized spacial score (nSPS) is 21.2. The van der Waals surface area contributed by atoms with E-state index in [0.717, 1.165) is 31.2 Å². The first-order valence-corrected chi connectivity index (χ1v) is 5.94. The molecule has 4 nitrogen and oxygen atoms in total. The van der Waals surface area contributed by atoms with Crippen molar-refractivity contribution in [1.29, 1.82) is 0 Å². The van der Waals surface area contributed by atoms with Gasteiger partial charge < -0.3 is 5.32 Å². The minimum Gasteiger partial charge on any atom is -0.309 e. The Morgan fingerprint density at radius 3 is 2.56 bits per heavy atom. The summed E-state index contributed by atoms with van der Waals surface area (Å²) in [5.74, 6) is 0.468. The lowest BCUT2D eigenvalue weighted by Gasteiger charge is -2.20. The third kappa shape index (κ3) is 1.20. The van der Waals surface area contributed by atoms with Crippen LogP contribution in [0.5, 0.6) is 0 Å². The quantitative estimate of drug-likeness (QED) is 0.574. The Morgan fingerprint density at radius 2 is 1.88 bits per heavy atom. The van der Waals surface area contributed by atoms with Crippen LogP contribution in [0.4, 0.5) is 5.82 Å². The van der Waals surface area contributed by atoms with Crippen LogP contribution >= 0.6 is 23.2 Å². The van der Waals surface area contributed by atoms with E-state index in [1.165, 1.54) is 0 Å². The van der Waals surface area contributed by atoms with Crippen LogP contribution in [0.15, 0.2) is 0 Å². The maximum Gasteiger partial charge on any atom is 0.236 e. The number of aromatic nitrogens is 2. The fourth-order valence-corrected chi connectivity index (χ4v) is 3.28. The lowest BCUT2D eigenvalue weighted by atomic mass is 9.81. The number of anilines is 1. The summed E-state index contributed by atoms with van der Waals surface area (Å²) in [5.41, 5.74) is 0.234. The van der Waals surface area contributed by atoms with E-state index in [0.29, 0.717) is 11.0 Å². The number of halogens is 2. The van der Waals surface area contributed by atoms with Gasteiger partial charge in [0.1, 0.15) is 11.0 Å². The molecule has 1 amide bonds. The van der Waals surface area contributed by atoms with Crippen LogP contribution in [0, 0.1) is 0 Å². The molecule has 6 heteroatoms. The zero-order valence-corrected chi connectivity index (χ0v) is 9.90. The summed E-state index contributed by atoms with van der Waals surface area (Å²) in [6, 6.07) is 0. The summed E-state index contributed by atoms with van der Waals surface area (Å²) < 4.78 is 0. The second-order valence-corrected chi connectivity index (χ2v) is 4.95. The van der Waals surface area contributed by atoms with Gasteiger partial charge in [0, 0.05) is 5.56 Å². The molecule has 1 aromatic rings. The Kier molecular flexibility index (Phi) is 2.13. The lowest BCUT2D eigenvalue weighted by molar-refractivity contribution is -0.120. The number of hydrogen-bond acceptors (Lipinski definition) is 3. The van der Waals surface area contributed by atoms with Gasteiger partial charge in [0.2, 0.25) is 11.2 Å². The highest BCUT2D eigenvalue weighted by atomic mass is 35.5. The monoisotopic (exact) mass is 257 g/mol. The van der Waals surface area contributed by atoms with Gasteiger partial charge in [-0.3, -0.25) is 4.79 Å². The molecule has 1 spiro atoms. The predicted octanol–water partition coefficient (Wildman–Crippen LogP) is 2.55. The molecule has 2 aliphatic rings. The van der Waals surface area contributed by atoms with Gasteiger partial charge in [-0.15, -0.1) is 0 Å². The zero-order valence-electron chi connectivity index (χ0n) is 8.39. The molecule has 1 N–H and O–H groups in total. The molecule has 1 saturated carbocycles. The first kappa shape index (κ1) is 10.3. The van der Waals surface area contributed by atoms with E-state index in [-0.39, 0.29) is 11.2 Å². The minimum absolute atomic E-state index is 0.0153. The van der Waals surface area contributed by atoms with Crippen molar-refractivity contribution < 1.29 is 4.79 Å². The van der Waals surface area contributed by atoms with Crippen molar-refractivity contribution in [3.05, 3.63) is 16.0 Å². The Labute approximate surface area is 102 Å². The summed E-state index contributed by atoms with van der Waals surface area (Å²) in [6.45, 7) is 0. The zero-order chi connectivity index (χ0) is 11.3. The number of carbonyl (C=O) groups excluding carboxylic acids is 1. The van der Waals surface area contributed by atoms with Crippen molar-refractivity contribution in [2.24, 2.45) is 0 Å². The first-order chi connectivity index (χ1) is 7.63. The van der Waals surface area contributed by atoms with E-state index in [2.05, 4.69) is 15.3 Å². The van der Waals surface area contributed by atoms with Gasteiger partial charge in [-0.1, -0.05) is 24.4 Å². The van der Waals surface area contributed by atoms with Gasteiger partial charge in [-0.2, -0.15) is 4.98 Å². The number of nitrogens with zero attached hydrogens (tertiary/aromatic N) is 2. The minimum atomic E-state index is -0.503. The lowest BCUT2D eigenvalue weighted by Crippen LogP contribution is -2.31. The third-order valence-electron chi connectivity index (χ3n) is 3.44. The van der Waals surface area contributed by atoms with E-state index in [9.17, 15) is 4.79 Å². The molecule has 0 saturated heterocycles. The van der Waals surface area contributed by atoms with Gasteiger partial charge in [0.15, 0.2) is 0 Å². The maximum atomic E-state index is 12.0. The standard InChI is InChI=1S/C10H9Cl2N3O/c11-6-5-7(15-9(12)13-6)14-8(16)10(5)3-1-2-4-10/h1-4H2,(H,13,14,15,16). The van der Waals surface area contributed by atoms with E-state index >= 15 is 0 Å². The molecule has 2 heterocycles. The highest BCUT2D eigenvalue weighted by Crippen LogP contribution is 2.50. The Balaban J connectivity index is 2.24. The van der Waals surface area contributed by atoms with Crippen LogP contribution in [0.25, 0.3) is 0 Å². The van der Waals surface area contributed by atoms with E-state index in [4.69, 9.17) is 23.2 Å². The van der Waals surface area contributed by atoms with E-state index < -0.39 is 5.41 Å². The van der Waals surface area contributed by atoms with Crippen LogP contribution in [0.3, 0.4) is 0 Å². The van der Waals surface area contributed by atoms with Crippen molar-refractivity contribution in [3.63, 3.8) is 0 Å². The second kappa shape index (κ2) is 3.31. The van der Waals surface area contributed by atoms with Crippen LogP contribution < -0.4 is 5.32 Å². The molecule has 0 radical (unpaired) electrons. The number of carbonyl (C=O) groups is 1. The van der Waals surface area contributed by atoms with Gasteiger partial charge in [-0.25, -0.2) is 4.98 Å². The predicted molar refractivity (Wildman–Crippen MR) is 60.8 cm³/mol. The fourth-order valence-electron chi connectivity index (χ4n) is 2.72. The average molecular weight is 258 g/mol. The van der Waals surface area contributed by atoms with Gasteiger partial charge in [0.05, 0.1) is 5.41 Å². The van der Waals surface area contributed by atoms with E-state index in [1.807, 2.05) is 0 Å². The van der Waals surface area contributed by atoms with Crippen LogP contribution in [-0.2, 0) is 10.2 Å². The van der Waals surface area contributed by atoms with Crippen LogP contribution in [0.1, 0.15) is 31.2 Å². The first-order valence-electron chi connectivity index (χ1n) is 5.18. The number of hydrogen-bond donors (Lipinski definition) is 1. The molecule has 1 aromatic heterocycles. The van der Waals surface area contributed by atoms with Crippen molar-refractivity contribution in [2.75, 3.05) is 5.32 Å². The average Bonchev–Trinajstić information content (AvgIpc) is 2.75. The summed E-state index contributed by atoms with van der Waals surface area (Å²) in [6.07, 6.45) is 3.70. The van der Waals surface area contributed by atoms with Crippen molar-refractivity contribution in [2.45, 2.75) is 31.1 Å². The topological polar surface area (TPSA) is 54.9 Å². The van der Waals surface area contributed by atoms with Gasteiger partial charge in [-0.05, 0) is 24.4 Å². The second-order valence-electron chi connectivity index (χ2n) is 4.25. The van der Waals surface area contributed by atoms with E-state index in [1.54, 1.807) is 0 Å². The third-order valence-corrected chi connectivity index (χ3v) is 3.88. The molecule has 84 valence electrons. The number of rotatable bonds is 0. The van der Waals surface area contributed by atoms with Crippen LogP contribution in [0.2, 0.25) is 10.4 Å². The molecule has 0 unspecified atom stereocenters. The molecule has 0 atom stereocenters. The maximum absolute atomic E-state index is 12.0. The van der Waals surface area contributed by atoms with Gasteiger partial charge >= 0.3 is 0 Å². The highest BCUT2D eigenvalue weighted by Gasteiger charge is 2.51. The Hall–Kier alpha value is -0.870. The van der Waals surface area contributed by atoms with Crippen molar-refractivity contribution >= 4 is 34.9 Å². The molecule has 1 aliphatic heterocycles. The molecule has 1 fully saturated rings. The number of nitrogens with one attached hydrogen (secondary N) is 1. The molecule has 0 aromatic carbocycles. The van der Waals surface area contributed by atoms with Gasteiger partial charge in [0.25, 0.3) is 0 Å². The molecule has 0 bridgehead atoms. The molecule has 16 heavy (non-hydrogen) atoms. The molecular weight excluding hydrogens is 249 g/mol. The summed E-state index contributed by atoms with van der Waals surface area (Å²) in [5, 5.41) is 3.12. The smallest absolute Gasteiger partial charge is 0.236 e. The molecule has 1 aliphatic carbocycles. The Bertz CT molecular complexity index is 483. The summed E-state index contributed by atoms with van der Waals surface area (Å²) in [7, 11) is 0. The highest BCUT2D eigenvalue weighted by molar-refractivity contribution is 6.33.